The lowest BCUT2D eigenvalue weighted by Gasteiger charge is -2.27. The summed E-state index contributed by atoms with van der Waals surface area (Å²) < 4.78 is 0. The molecule has 0 saturated carbocycles. The Balaban J connectivity index is 2.26. The van der Waals surface area contributed by atoms with Gasteiger partial charge in [0.05, 0.1) is 0 Å². The summed E-state index contributed by atoms with van der Waals surface area (Å²) in [6.45, 7) is 5.54. The predicted octanol–water partition coefficient (Wildman–Crippen LogP) is 1.92. The zero-order valence-electron chi connectivity index (χ0n) is 12.0. The van der Waals surface area contributed by atoms with Crippen LogP contribution in [0.5, 0.6) is 0 Å². The lowest BCUT2D eigenvalue weighted by atomic mass is 10.1. The summed E-state index contributed by atoms with van der Waals surface area (Å²) in [7, 11) is 4.37. The van der Waals surface area contributed by atoms with Crippen LogP contribution in [0.4, 0.5) is 0 Å². The highest BCUT2D eigenvalue weighted by Crippen LogP contribution is 2.19. The molecule has 3 nitrogen and oxygen atoms in total. The summed E-state index contributed by atoms with van der Waals surface area (Å²) >= 11 is 0. The van der Waals surface area contributed by atoms with E-state index in [1.165, 1.54) is 51.6 Å². The van der Waals surface area contributed by atoms with Gasteiger partial charge in [-0.2, -0.15) is 0 Å². The average molecular weight is 241 g/mol. The first-order valence-corrected chi connectivity index (χ1v) is 7.29. The van der Waals surface area contributed by atoms with Gasteiger partial charge in [-0.1, -0.05) is 32.6 Å². The lowest BCUT2D eigenvalue weighted by molar-refractivity contribution is 0.207. The SMILES string of the molecule is CCCCCCC(CN)N1CCC(N(C)C)C1. The molecular weight excluding hydrogens is 210 g/mol. The van der Waals surface area contributed by atoms with Crippen LogP contribution >= 0.6 is 0 Å². The molecule has 1 rings (SSSR count). The van der Waals surface area contributed by atoms with Crippen LogP contribution in [0.1, 0.15) is 45.4 Å². The Kier molecular flexibility index (Phi) is 7.09. The van der Waals surface area contributed by atoms with Gasteiger partial charge in [-0.25, -0.2) is 0 Å². The second-order valence-electron chi connectivity index (χ2n) is 5.64. The summed E-state index contributed by atoms with van der Waals surface area (Å²) in [6, 6.07) is 1.36. The van der Waals surface area contributed by atoms with Crippen molar-refractivity contribution in [1.82, 2.24) is 9.80 Å². The molecule has 1 aliphatic rings. The van der Waals surface area contributed by atoms with Crippen molar-refractivity contribution in [1.29, 1.82) is 0 Å². The Morgan fingerprint density at radius 2 is 2.06 bits per heavy atom. The normalized spacial score (nSPS) is 23.5. The number of unbranched alkanes of at least 4 members (excludes halogenated alkanes) is 3. The van der Waals surface area contributed by atoms with Gasteiger partial charge in [0.15, 0.2) is 0 Å². The number of rotatable bonds is 8. The molecule has 2 atom stereocenters. The van der Waals surface area contributed by atoms with Crippen molar-refractivity contribution < 1.29 is 0 Å². The van der Waals surface area contributed by atoms with Gasteiger partial charge >= 0.3 is 0 Å². The average Bonchev–Trinajstić information content (AvgIpc) is 2.79. The lowest BCUT2D eigenvalue weighted by Crippen LogP contribution is -2.41. The fraction of sp³-hybridized carbons (Fsp3) is 1.00. The highest BCUT2D eigenvalue weighted by atomic mass is 15.2. The zero-order valence-corrected chi connectivity index (χ0v) is 12.0. The third-order valence-corrected chi connectivity index (χ3v) is 4.10. The van der Waals surface area contributed by atoms with Gasteiger partial charge < -0.3 is 10.6 Å². The molecule has 1 saturated heterocycles. The second kappa shape index (κ2) is 8.06. The Hall–Kier alpha value is -0.120. The van der Waals surface area contributed by atoms with Gasteiger partial charge in [-0.15, -0.1) is 0 Å². The topological polar surface area (TPSA) is 32.5 Å². The predicted molar refractivity (Wildman–Crippen MR) is 75.3 cm³/mol. The maximum absolute atomic E-state index is 5.93. The summed E-state index contributed by atoms with van der Waals surface area (Å²) in [4.78, 5) is 4.96. The van der Waals surface area contributed by atoms with Crippen molar-refractivity contribution in [3.05, 3.63) is 0 Å². The molecule has 2 unspecified atom stereocenters. The maximum atomic E-state index is 5.93. The van der Waals surface area contributed by atoms with Gasteiger partial charge in [0, 0.05) is 31.7 Å². The van der Waals surface area contributed by atoms with Gasteiger partial charge in [-0.05, 0) is 26.9 Å². The van der Waals surface area contributed by atoms with E-state index in [0.29, 0.717) is 6.04 Å². The highest BCUT2D eigenvalue weighted by molar-refractivity contribution is 4.85. The molecule has 3 heteroatoms. The quantitative estimate of drug-likeness (QED) is 0.659. The minimum absolute atomic E-state index is 0.622. The minimum atomic E-state index is 0.622. The number of nitrogens with zero attached hydrogens (tertiary/aromatic N) is 2. The molecule has 1 heterocycles. The van der Waals surface area contributed by atoms with Crippen molar-refractivity contribution in [3.8, 4) is 0 Å². The van der Waals surface area contributed by atoms with Gasteiger partial charge in [0.1, 0.15) is 0 Å². The molecule has 0 amide bonds. The number of hydrogen-bond donors (Lipinski definition) is 1. The molecule has 102 valence electrons. The molecule has 0 aromatic carbocycles. The second-order valence-corrected chi connectivity index (χ2v) is 5.64. The molecule has 2 N–H and O–H groups in total. The van der Waals surface area contributed by atoms with E-state index < -0.39 is 0 Å². The summed E-state index contributed by atoms with van der Waals surface area (Å²) in [6.07, 6.45) is 8.00. The fourth-order valence-electron chi connectivity index (χ4n) is 2.78. The van der Waals surface area contributed by atoms with Crippen LogP contribution in [0, 0.1) is 0 Å². The van der Waals surface area contributed by atoms with Crippen molar-refractivity contribution >= 4 is 0 Å². The van der Waals surface area contributed by atoms with Crippen molar-refractivity contribution in [3.63, 3.8) is 0 Å². The van der Waals surface area contributed by atoms with Crippen LogP contribution in [0.25, 0.3) is 0 Å². The van der Waals surface area contributed by atoms with Crippen LogP contribution in [0.2, 0.25) is 0 Å². The third kappa shape index (κ3) is 4.94. The molecule has 1 aliphatic heterocycles. The van der Waals surface area contributed by atoms with Gasteiger partial charge in [0.2, 0.25) is 0 Å². The Morgan fingerprint density at radius 1 is 1.29 bits per heavy atom. The first-order chi connectivity index (χ1) is 8.19. The van der Waals surface area contributed by atoms with E-state index >= 15 is 0 Å². The van der Waals surface area contributed by atoms with Crippen LogP contribution in [0.15, 0.2) is 0 Å². The van der Waals surface area contributed by atoms with E-state index in [-0.39, 0.29) is 0 Å². The number of nitrogens with two attached hydrogens (primary N) is 1. The first-order valence-electron chi connectivity index (χ1n) is 7.29. The van der Waals surface area contributed by atoms with Gasteiger partial charge in [0.25, 0.3) is 0 Å². The van der Waals surface area contributed by atoms with E-state index in [1.807, 2.05) is 0 Å². The molecule has 0 radical (unpaired) electrons. The van der Waals surface area contributed by atoms with Crippen molar-refractivity contribution in [2.75, 3.05) is 33.7 Å². The Bertz CT molecular complexity index is 194. The van der Waals surface area contributed by atoms with E-state index in [9.17, 15) is 0 Å². The van der Waals surface area contributed by atoms with Gasteiger partial charge in [-0.3, -0.25) is 4.90 Å². The molecule has 0 aliphatic carbocycles. The largest absolute Gasteiger partial charge is 0.329 e. The molecule has 0 aromatic heterocycles. The third-order valence-electron chi connectivity index (χ3n) is 4.10. The molecule has 0 spiro atoms. The zero-order chi connectivity index (χ0) is 12.7. The molecule has 17 heavy (non-hydrogen) atoms. The van der Waals surface area contributed by atoms with Crippen LogP contribution in [0.3, 0.4) is 0 Å². The van der Waals surface area contributed by atoms with E-state index in [1.54, 1.807) is 0 Å². The monoisotopic (exact) mass is 241 g/mol. The number of likely N-dealkylation sites (tertiary alicyclic amines) is 1. The van der Waals surface area contributed by atoms with Crippen LogP contribution in [-0.4, -0.2) is 55.6 Å². The van der Waals surface area contributed by atoms with Crippen LogP contribution < -0.4 is 5.73 Å². The fourth-order valence-corrected chi connectivity index (χ4v) is 2.78. The molecular formula is C14H31N3. The molecule has 1 fully saturated rings. The summed E-state index contributed by atoms with van der Waals surface area (Å²) in [5, 5.41) is 0. The summed E-state index contributed by atoms with van der Waals surface area (Å²) in [5.74, 6) is 0. The maximum Gasteiger partial charge on any atom is 0.0229 e. The Labute approximate surface area is 107 Å². The smallest absolute Gasteiger partial charge is 0.0229 e. The number of likely N-dealkylation sites (N-methyl/N-ethyl adjacent to an activating group) is 1. The Morgan fingerprint density at radius 3 is 2.59 bits per heavy atom. The standard InChI is InChI=1S/C14H31N3/c1-4-5-6-7-8-13(11-15)17-10-9-14(12-17)16(2)3/h13-14H,4-12,15H2,1-3H3. The highest BCUT2D eigenvalue weighted by Gasteiger charge is 2.28. The van der Waals surface area contributed by atoms with Crippen LogP contribution in [-0.2, 0) is 0 Å². The first kappa shape index (κ1) is 14.9. The van der Waals surface area contributed by atoms with Crippen molar-refractivity contribution in [2.24, 2.45) is 5.73 Å². The van der Waals surface area contributed by atoms with E-state index in [0.717, 1.165) is 12.6 Å². The van der Waals surface area contributed by atoms with Crippen molar-refractivity contribution in [2.45, 2.75) is 57.5 Å². The van der Waals surface area contributed by atoms with E-state index in [2.05, 4.69) is 30.8 Å². The molecule has 0 aromatic rings. The van der Waals surface area contributed by atoms with E-state index in [4.69, 9.17) is 5.73 Å². The number of hydrogen-bond acceptors (Lipinski definition) is 3. The summed E-state index contributed by atoms with van der Waals surface area (Å²) in [5.41, 5.74) is 5.93. The minimum Gasteiger partial charge on any atom is -0.329 e. The molecule has 0 bridgehead atoms.